The van der Waals surface area contributed by atoms with Gasteiger partial charge in [-0.1, -0.05) is 17.7 Å². The topological polar surface area (TPSA) is 22.1 Å². The molecule has 2 rings (SSSR count). The van der Waals surface area contributed by atoms with Crippen molar-refractivity contribution in [3.8, 4) is 11.6 Å². The standard InChI is InChI=1S/C13H10BrCl2NO/c1-8-2-4-12(9(14)6-8)18-13-5-3-10(16)11(7-15)17-13/h2-6H,7H2,1H3. The highest BCUT2D eigenvalue weighted by Gasteiger charge is 2.07. The van der Waals surface area contributed by atoms with Gasteiger partial charge in [-0.25, -0.2) is 4.98 Å². The molecule has 0 N–H and O–H groups in total. The fourth-order valence-corrected chi connectivity index (χ4v) is 2.43. The molecular weight excluding hydrogens is 337 g/mol. The van der Waals surface area contributed by atoms with Gasteiger partial charge < -0.3 is 4.74 Å². The molecule has 1 aromatic carbocycles. The fraction of sp³-hybridized carbons (Fsp3) is 0.154. The van der Waals surface area contributed by atoms with Crippen LogP contribution in [-0.4, -0.2) is 4.98 Å². The largest absolute Gasteiger partial charge is 0.438 e. The van der Waals surface area contributed by atoms with Crippen molar-refractivity contribution in [3.05, 3.63) is 51.1 Å². The molecule has 5 heteroatoms. The van der Waals surface area contributed by atoms with E-state index in [9.17, 15) is 0 Å². The maximum atomic E-state index is 5.94. The van der Waals surface area contributed by atoms with E-state index in [0.29, 0.717) is 22.3 Å². The van der Waals surface area contributed by atoms with Crippen LogP contribution in [0.25, 0.3) is 0 Å². The lowest BCUT2D eigenvalue weighted by molar-refractivity contribution is 0.458. The molecule has 0 aliphatic carbocycles. The Morgan fingerprint density at radius 2 is 2.06 bits per heavy atom. The summed E-state index contributed by atoms with van der Waals surface area (Å²) in [5.41, 5.74) is 1.76. The Morgan fingerprint density at radius 1 is 1.28 bits per heavy atom. The van der Waals surface area contributed by atoms with E-state index in [1.807, 2.05) is 25.1 Å². The predicted octanol–water partition coefficient (Wildman–Crippen LogP) is 5.34. The molecule has 0 saturated heterocycles. The molecule has 0 spiro atoms. The molecule has 0 saturated carbocycles. The van der Waals surface area contributed by atoms with Crippen molar-refractivity contribution in [3.63, 3.8) is 0 Å². The molecule has 0 aliphatic heterocycles. The Bertz CT molecular complexity index is 575. The molecule has 1 aromatic heterocycles. The van der Waals surface area contributed by atoms with Gasteiger partial charge in [-0.2, -0.15) is 0 Å². The molecule has 0 aliphatic rings. The monoisotopic (exact) mass is 345 g/mol. The van der Waals surface area contributed by atoms with E-state index >= 15 is 0 Å². The van der Waals surface area contributed by atoms with Crippen LogP contribution in [0.2, 0.25) is 5.02 Å². The summed E-state index contributed by atoms with van der Waals surface area (Å²) in [6.07, 6.45) is 0. The lowest BCUT2D eigenvalue weighted by Crippen LogP contribution is -1.93. The number of pyridine rings is 1. The summed E-state index contributed by atoms with van der Waals surface area (Å²) in [6.45, 7) is 2.01. The van der Waals surface area contributed by atoms with Crippen LogP contribution in [-0.2, 0) is 5.88 Å². The molecule has 0 amide bonds. The molecule has 0 atom stereocenters. The van der Waals surface area contributed by atoms with Crippen LogP contribution in [0, 0.1) is 6.92 Å². The quantitative estimate of drug-likeness (QED) is 0.700. The van der Waals surface area contributed by atoms with Crippen molar-refractivity contribution < 1.29 is 4.74 Å². The lowest BCUT2D eigenvalue weighted by atomic mass is 10.2. The third-order valence-corrected chi connectivity index (χ3v) is 3.54. The summed E-state index contributed by atoms with van der Waals surface area (Å²) < 4.78 is 6.57. The lowest BCUT2D eigenvalue weighted by Gasteiger charge is -2.09. The molecule has 0 radical (unpaired) electrons. The number of benzene rings is 1. The second-order valence-electron chi connectivity index (χ2n) is 3.75. The zero-order chi connectivity index (χ0) is 13.1. The van der Waals surface area contributed by atoms with E-state index in [1.54, 1.807) is 12.1 Å². The Kier molecular flexibility index (Phi) is 4.49. The van der Waals surface area contributed by atoms with Gasteiger partial charge in [0.05, 0.1) is 21.1 Å². The molecule has 18 heavy (non-hydrogen) atoms. The molecular formula is C13H10BrCl2NO. The van der Waals surface area contributed by atoms with Crippen LogP contribution in [0.5, 0.6) is 11.6 Å². The Hall–Kier alpha value is -0.770. The zero-order valence-electron chi connectivity index (χ0n) is 9.58. The van der Waals surface area contributed by atoms with Crippen molar-refractivity contribution >= 4 is 39.1 Å². The molecule has 2 aromatic rings. The Balaban J connectivity index is 2.28. The van der Waals surface area contributed by atoms with Crippen LogP contribution in [0.1, 0.15) is 11.3 Å². The summed E-state index contributed by atoms with van der Waals surface area (Å²) >= 11 is 15.1. The van der Waals surface area contributed by atoms with Crippen molar-refractivity contribution in [1.29, 1.82) is 0 Å². The smallest absolute Gasteiger partial charge is 0.219 e. The highest BCUT2D eigenvalue weighted by Crippen LogP contribution is 2.30. The number of nitrogens with zero attached hydrogens (tertiary/aromatic N) is 1. The average molecular weight is 347 g/mol. The van der Waals surface area contributed by atoms with E-state index in [-0.39, 0.29) is 5.88 Å². The first kappa shape index (κ1) is 13.7. The Labute approximate surface area is 124 Å². The molecule has 94 valence electrons. The summed E-state index contributed by atoms with van der Waals surface area (Å²) in [7, 11) is 0. The van der Waals surface area contributed by atoms with E-state index < -0.39 is 0 Å². The average Bonchev–Trinajstić information content (AvgIpc) is 2.35. The fourth-order valence-electron chi connectivity index (χ4n) is 1.42. The molecule has 0 unspecified atom stereocenters. The van der Waals surface area contributed by atoms with E-state index in [0.717, 1.165) is 10.0 Å². The summed E-state index contributed by atoms with van der Waals surface area (Å²) in [5, 5.41) is 0.542. The van der Waals surface area contributed by atoms with Gasteiger partial charge in [0.15, 0.2) is 0 Å². The van der Waals surface area contributed by atoms with E-state index in [1.165, 1.54) is 0 Å². The zero-order valence-corrected chi connectivity index (χ0v) is 12.7. The van der Waals surface area contributed by atoms with Gasteiger partial charge in [0, 0.05) is 6.07 Å². The number of halogens is 3. The summed E-state index contributed by atoms with van der Waals surface area (Å²) in [6, 6.07) is 9.27. The first-order chi connectivity index (χ1) is 8.60. The number of alkyl halides is 1. The minimum atomic E-state index is 0.255. The van der Waals surface area contributed by atoms with Gasteiger partial charge in [0.2, 0.25) is 5.88 Å². The Morgan fingerprint density at radius 3 is 2.72 bits per heavy atom. The molecule has 2 nitrogen and oxygen atoms in total. The number of hydrogen-bond acceptors (Lipinski definition) is 2. The van der Waals surface area contributed by atoms with E-state index in [4.69, 9.17) is 27.9 Å². The minimum absolute atomic E-state index is 0.255. The second kappa shape index (κ2) is 5.91. The number of rotatable bonds is 3. The SMILES string of the molecule is Cc1ccc(Oc2ccc(Cl)c(CCl)n2)c(Br)c1. The van der Waals surface area contributed by atoms with E-state index in [2.05, 4.69) is 20.9 Å². The third kappa shape index (κ3) is 3.16. The van der Waals surface area contributed by atoms with Gasteiger partial charge in [-0.05, 0) is 46.6 Å². The normalized spacial score (nSPS) is 10.4. The number of ether oxygens (including phenoxy) is 1. The van der Waals surface area contributed by atoms with Gasteiger partial charge in [0.1, 0.15) is 5.75 Å². The van der Waals surface area contributed by atoms with Gasteiger partial charge in [-0.15, -0.1) is 11.6 Å². The maximum Gasteiger partial charge on any atom is 0.219 e. The summed E-state index contributed by atoms with van der Waals surface area (Å²) in [4.78, 5) is 4.24. The van der Waals surface area contributed by atoms with Crippen LogP contribution >= 0.6 is 39.1 Å². The van der Waals surface area contributed by atoms with Crippen molar-refractivity contribution in [2.24, 2.45) is 0 Å². The summed E-state index contributed by atoms with van der Waals surface area (Å²) in [5.74, 6) is 1.43. The van der Waals surface area contributed by atoms with Crippen LogP contribution in [0.4, 0.5) is 0 Å². The number of aromatic nitrogens is 1. The number of hydrogen-bond donors (Lipinski definition) is 0. The highest BCUT2D eigenvalue weighted by molar-refractivity contribution is 9.10. The van der Waals surface area contributed by atoms with Crippen LogP contribution in [0.3, 0.4) is 0 Å². The maximum absolute atomic E-state index is 5.94. The second-order valence-corrected chi connectivity index (χ2v) is 5.28. The first-order valence-corrected chi connectivity index (χ1v) is 6.96. The predicted molar refractivity (Wildman–Crippen MR) is 77.8 cm³/mol. The van der Waals surface area contributed by atoms with Crippen LogP contribution in [0.15, 0.2) is 34.8 Å². The minimum Gasteiger partial charge on any atom is -0.438 e. The van der Waals surface area contributed by atoms with Crippen molar-refractivity contribution in [1.82, 2.24) is 4.98 Å². The van der Waals surface area contributed by atoms with Crippen LogP contribution < -0.4 is 4.74 Å². The molecule has 1 heterocycles. The molecule has 0 bridgehead atoms. The number of aryl methyl sites for hydroxylation is 1. The van der Waals surface area contributed by atoms with Gasteiger partial charge in [0.25, 0.3) is 0 Å². The molecule has 0 fully saturated rings. The third-order valence-electron chi connectivity index (χ3n) is 2.32. The van der Waals surface area contributed by atoms with Crippen molar-refractivity contribution in [2.45, 2.75) is 12.8 Å². The van der Waals surface area contributed by atoms with Gasteiger partial charge >= 0.3 is 0 Å². The van der Waals surface area contributed by atoms with Gasteiger partial charge in [-0.3, -0.25) is 0 Å². The van der Waals surface area contributed by atoms with Crippen molar-refractivity contribution in [2.75, 3.05) is 0 Å². The highest BCUT2D eigenvalue weighted by atomic mass is 79.9. The first-order valence-electron chi connectivity index (χ1n) is 5.25.